The summed E-state index contributed by atoms with van der Waals surface area (Å²) in [7, 11) is -2.25. The number of sulfonamides is 1. The standard InChI is InChI=1S/C24H25N3O6S/c1-3-33-21-12-14-22(15-13-21)34(30,31)27-19-8-6-18(7-9-19)24(29)26-25-23(28)16-17-4-10-20(32-2)11-5-17/h4-15,27H,3,16H2,1-2H3,(H,25,28)(H,26,29). The summed E-state index contributed by atoms with van der Waals surface area (Å²) in [5.41, 5.74) is 5.98. The topological polar surface area (TPSA) is 123 Å². The van der Waals surface area contributed by atoms with Crippen LogP contribution < -0.4 is 25.0 Å². The van der Waals surface area contributed by atoms with Crippen molar-refractivity contribution in [2.24, 2.45) is 0 Å². The van der Waals surface area contributed by atoms with Gasteiger partial charge in [-0.15, -0.1) is 0 Å². The Hall–Kier alpha value is -4.05. The predicted octanol–water partition coefficient (Wildman–Crippen LogP) is 2.90. The molecular formula is C24H25N3O6S. The first kappa shape index (κ1) is 24.6. The number of anilines is 1. The van der Waals surface area contributed by atoms with Gasteiger partial charge in [-0.2, -0.15) is 0 Å². The Morgan fingerprint density at radius 2 is 1.44 bits per heavy atom. The van der Waals surface area contributed by atoms with E-state index in [1.165, 1.54) is 36.4 Å². The molecule has 3 aromatic carbocycles. The maximum atomic E-state index is 12.6. The average molecular weight is 484 g/mol. The van der Waals surface area contributed by atoms with Gasteiger partial charge in [0.2, 0.25) is 5.91 Å². The summed E-state index contributed by atoms with van der Waals surface area (Å²) in [6, 6.07) is 18.9. The fraction of sp³-hybridized carbons (Fsp3) is 0.167. The fourth-order valence-corrected chi connectivity index (χ4v) is 4.02. The number of hydrogen-bond donors (Lipinski definition) is 3. The summed E-state index contributed by atoms with van der Waals surface area (Å²) in [5, 5.41) is 0. The second-order valence-corrected chi connectivity index (χ2v) is 8.80. The molecule has 3 N–H and O–H groups in total. The second-order valence-electron chi connectivity index (χ2n) is 7.11. The van der Waals surface area contributed by atoms with Crippen LogP contribution in [0.5, 0.6) is 11.5 Å². The largest absolute Gasteiger partial charge is 0.497 e. The van der Waals surface area contributed by atoms with Crippen molar-refractivity contribution in [1.82, 2.24) is 10.9 Å². The van der Waals surface area contributed by atoms with E-state index in [1.54, 1.807) is 43.5 Å². The van der Waals surface area contributed by atoms with E-state index in [2.05, 4.69) is 15.6 Å². The number of carbonyl (C=O) groups is 2. The minimum atomic E-state index is -3.80. The van der Waals surface area contributed by atoms with E-state index < -0.39 is 21.8 Å². The van der Waals surface area contributed by atoms with Crippen LogP contribution >= 0.6 is 0 Å². The number of methoxy groups -OCH3 is 1. The van der Waals surface area contributed by atoms with Gasteiger partial charge in [-0.25, -0.2) is 8.42 Å². The average Bonchev–Trinajstić information content (AvgIpc) is 2.84. The zero-order valence-electron chi connectivity index (χ0n) is 18.7. The van der Waals surface area contributed by atoms with Gasteiger partial charge in [0.05, 0.1) is 25.0 Å². The lowest BCUT2D eigenvalue weighted by Gasteiger charge is -2.10. The Balaban J connectivity index is 1.53. The molecule has 3 rings (SSSR count). The van der Waals surface area contributed by atoms with E-state index in [4.69, 9.17) is 9.47 Å². The normalized spacial score (nSPS) is 10.8. The molecule has 34 heavy (non-hydrogen) atoms. The molecule has 0 aliphatic carbocycles. The van der Waals surface area contributed by atoms with Crippen molar-refractivity contribution in [3.63, 3.8) is 0 Å². The molecule has 0 spiro atoms. The van der Waals surface area contributed by atoms with Gasteiger partial charge in [0, 0.05) is 11.3 Å². The van der Waals surface area contributed by atoms with Gasteiger partial charge >= 0.3 is 0 Å². The molecular weight excluding hydrogens is 458 g/mol. The maximum absolute atomic E-state index is 12.6. The van der Waals surface area contributed by atoms with Crippen LogP contribution in [0.1, 0.15) is 22.8 Å². The summed E-state index contributed by atoms with van der Waals surface area (Å²) in [5.74, 6) is 0.331. The first-order valence-corrected chi connectivity index (χ1v) is 11.9. The van der Waals surface area contributed by atoms with E-state index in [-0.39, 0.29) is 22.6 Å². The van der Waals surface area contributed by atoms with Crippen molar-refractivity contribution in [1.29, 1.82) is 0 Å². The highest BCUT2D eigenvalue weighted by molar-refractivity contribution is 7.92. The number of amides is 2. The molecule has 0 fully saturated rings. The monoisotopic (exact) mass is 483 g/mol. The van der Waals surface area contributed by atoms with Crippen LogP contribution in [0.3, 0.4) is 0 Å². The van der Waals surface area contributed by atoms with Gasteiger partial charge in [-0.05, 0) is 73.2 Å². The molecule has 0 unspecified atom stereocenters. The highest BCUT2D eigenvalue weighted by Crippen LogP contribution is 2.20. The van der Waals surface area contributed by atoms with Crippen LogP contribution in [0.25, 0.3) is 0 Å². The van der Waals surface area contributed by atoms with Gasteiger partial charge in [-0.3, -0.25) is 25.2 Å². The van der Waals surface area contributed by atoms with E-state index in [0.29, 0.717) is 18.1 Å². The zero-order chi connectivity index (χ0) is 24.6. The van der Waals surface area contributed by atoms with Crippen molar-refractivity contribution in [3.05, 3.63) is 83.9 Å². The van der Waals surface area contributed by atoms with Gasteiger partial charge in [0.25, 0.3) is 15.9 Å². The Morgan fingerprint density at radius 3 is 2.03 bits per heavy atom. The predicted molar refractivity (Wildman–Crippen MR) is 127 cm³/mol. The number of nitrogens with one attached hydrogen (secondary N) is 3. The lowest BCUT2D eigenvalue weighted by Crippen LogP contribution is -2.42. The molecule has 178 valence electrons. The lowest BCUT2D eigenvalue weighted by atomic mass is 10.1. The Morgan fingerprint density at radius 1 is 0.824 bits per heavy atom. The number of hydrogen-bond acceptors (Lipinski definition) is 6. The summed E-state index contributed by atoms with van der Waals surface area (Å²) in [6.45, 7) is 2.32. The summed E-state index contributed by atoms with van der Waals surface area (Å²) < 4.78 is 38.0. The van der Waals surface area contributed by atoms with Crippen molar-refractivity contribution < 1.29 is 27.5 Å². The minimum Gasteiger partial charge on any atom is -0.497 e. The van der Waals surface area contributed by atoms with Crippen LogP contribution in [-0.2, 0) is 21.2 Å². The molecule has 0 radical (unpaired) electrons. The summed E-state index contributed by atoms with van der Waals surface area (Å²) >= 11 is 0. The van der Waals surface area contributed by atoms with E-state index in [0.717, 1.165) is 5.56 Å². The minimum absolute atomic E-state index is 0.0799. The molecule has 0 atom stereocenters. The SMILES string of the molecule is CCOc1ccc(S(=O)(=O)Nc2ccc(C(=O)NNC(=O)Cc3ccc(OC)cc3)cc2)cc1. The molecule has 0 aliphatic rings. The summed E-state index contributed by atoms with van der Waals surface area (Å²) in [6.07, 6.45) is 0.0799. The lowest BCUT2D eigenvalue weighted by molar-refractivity contribution is -0.121. The molecule has 0 aromatic heterocycles. The molecule has 2 amide bonds. The number of hydrazine groups is 1. The second kappa shape index (κ2) is 11.2. The van der Waals surface area contributed by atoms with Gasteiger partial charge in [0.15, 0.2) is 0 Å². The Kier molecular flexibility index (Phi) is 8.10. The smallest absolute Gasteiger partial charge is 0.269 e. The molecule has 0 aliphatic heterocycles. The molecule has 0 heterocycles. The van der Waals surface area contributed by atoms with Crippen LogP contribution in [0.4, 0.5) is 5.69 Å². The number of carbonyl (C=O) groups excluding carboxylic acids is 2. The van der Waals surface area contributed by atoms with E-state index in [1.807, 2.05) is 6.92 Å². The third kappa shape index (κ3) is 6.72. The van der Waals surface area contributed by atoms with Gasteiger partial charge in [0.1, 0.15) is 11.5 Å². The third-order valence-corrected chi connectivity index (χ3v) is 6.08. The van der Waals surface area contributed by atoms with Crippen molar-refractivity contribution in [2.45, 2.75) is 18.2 Å². The first-order valence-electron chi connectivity index (χ1n) is 10.4. The quantitative estimate of drug-likeness (QED) is 0.402. The molecule has 0 saturated heterocycles. The van der Waals surface area contributed by atoms with Crippen LogP contribution in [0, 0.1) is 0 Å². The highest BCUT2D eigenvalue weighted by Gasteiger charge is 2.15. The molecule has 9 nitrogen and oxygen atoms in total. The van der Waals surface area contributed by atoms with Crippen LogP contribution in [-0.4, -0.2) is 33.9 Å². The van der Waals surface area contributed by atoms with E-state index >= 15 is 0 Å². The number of ether oxygens (including phenoxy) is 2. The van der Waals surface area contributed by atoms with Gasteiger partial charge < -0.3 is 9.47 Å². The molecule has 10 heteroatoms. The number of benzene rings is 3. The third-order valence-electron chi connectivity index (χ3n) is 4.68. The molecule has 3 aromatic rings. The van der Waals surface area contributed by atoms with Crippen molar-refractivity contribution in [3.8, 4) is 11.5 Å². The fourth-order valence-electron chi connectivity index (χ4n) is 2.96. The Bertz CT molecular complexity index is 1230. The van der Waals surface area contributed by atoms with E-state index in [9.17, 15) is 18.0 Å². The van der Waals surface area contributed by atoms with Crippen molar-refractivity contribution >= 4 is 27.5 Å². The maximum Gasteiger partial charge on any atom is 0.269 e. The van der Waals surface area contributed by atoms with Crippen LogP contribution in [0.15, 0.2) is 77.7 Å². The summed E-state index contributed by atoms with van der Waals surface area (Å²) in [4.78, 5) is 24.4. The Labute approximate surface area is 198 Å². The van der Waals surface area contributed by atoms with Crippen molar-refractivity contribution in [2.75, 3.05) is 18.4 Å². The van der Waals surface area contributed by atoms with Gasteiger partial charge in [-0.1, -0.05) is 12.1 Å². The van der Waals surface area contributed by atoms with Crippen LogP contribution in [0.2, 0.25) is 0 Å². The number of rotatable bonds is 9. The zero-order valence-corrected chi connectivity index (χ0v) is 19.5. The molecule has 0 saturated carbocycles. The molecule has 0 bridgehead atoms. The first-order chi connectivity index (χ1) is 16.3. The highest BCUT2D eigenvalue weighted by atomic mass is 32.2.